The Hall–Kier alpha value is -2.06. The number of hydrogen-bond acceptors (Lipinski definition) is 5. The average Bonchev–Trinajstić information content (AvgIpc) is 2.45. The molecule has 0 bridgehead atoms. The molecule has 1 heterocycles. The van der Waals surface area contributed by atoms with E-state index < -0.39 is 0 Å². The highest BCUT2D eigenvalue weighted by Gasteiger charge is 2.01. The van der Waals surface area contributed by atoms with E-state index in [-0.39, 0.29) is 0 Å². The minimum absolute atomic E-state index is 0.535. The maximum Gasteiger partial charge on any atom is 0.137 e. The monoisotopic (exact) mass is 257 g/mol. The summed E-state index contributed by atoms with van der Waals surface area (Å²) in [5.41, 5.74) is 0.560. The number of rotatable bonds is 5. The van der Waals surface area contributed by atoms with Crippen molar-refractivity contribution in [3.8, 4) is 11.8 Å². The molecular weight excluding hydrogens is 246 g/mol. The molecule has 2 aromatic rings. The van der Waals surface area contributed by atoms with Crippen LogP contribution in [0.15, 0.2) is 47.9 Å². The number of para-hydroxylation sites is 1. The highest BCUT2D eigenvalue weighted by molar-refractivity contribution is 7.99. The van der Waals surface area contributed by atoms with Crippen molar-refractivity contribution in [3.05, 3.63) is 48.4 Å². The predicted molar refractivity (Wildman–Crippen MR) is 69.4 cm³/mol. The van der Waals surface area contributed by atoms with Gasteiger partial charge in [0.25, 0.3) is 0 Å². The van der Waals surface area contributed by atoms with E-state index in [0.29, 0.717) is 17.9 Å². The summed E-state index contributed by atoms with van der Waals surface area (Å²) in [5.74, 6) is 1.40. The van der Waals surface area contributed by atoms with Gasteiger partial charge >= 0.3 is 0 Å². The van der Waals surface area contributed by atoms with Gasteiger partial charge in [0.05, 0.1) is 17.2 Å². The topological polar surface area (TPSA) is 58.8 Å². The lowest BCUT2D eigenvalue weighted by molar-refractivity contribution is 0.343. The van der Waals surface area contributed by atoms with Crippen LogP contribution in [-0.4, -0.2) is 22.3 Å². The first kappa shape index (κ1) is 12.4. The SMILES string of the molecule is N#Cc1ccccc1OCCSc1ccncn1. The van der Waals surface area contributed by atoms with E-state index in [1.54, 1.807) is 30.1 Å². The Bertz CT molecular complexity index is 539. The van der Waals surface area contributed by atoms with Crippen LogP contribution in [0.3, 0.4) is 0 Å². The first-order chi connectivity index (χ1) is 8.90. The zero-order valence-corrected chi connectivity index (χ0v) is 10.4. The summed E-state index contributed by atoms with van der Waals surface area (Å²) in [6.45, 7) is 0.535. The van der Waals surface area contributed by atoms with Gasteiger partial charge in [0.2, 0.25) is 0 Å². The largest absolute Gasteiger partial charge is 0.491 e. The zero-order chi connectivity index (χ0) is 12.6. The van der Waals surface area contributed by atoms with E-state index >= 15 is 0 Å². The lowest BCUT2D eigenvalue weighted by Crippen LogP contribution is -2.01. The predicted octanol–water partition coefficient (Wildman–Crippen LogP) is 2.52. The van der Waals surface area contributed by atoms with Crippen LogP contribution in [0.1, 0.15) is 5.56 Å². The van der Waals surface area contributed by atoms with Gasteiger partial charge in [0, 0.05) is 11.9 Å². The van der Waals surface area contributed by atoms with Gasteiger partial charge in [-0.15, -0.1) is 11.8 Å². The average molecular weight is 257 g/mol. The van der Waals surface area contributed by atoms with E-state index in [1.807, 2.05) is 18.2 Å². The van der Waals surface area contributed by atoms with Gasteiger partial charge in [-0.25, -0.2) is 9.97 Å². The van der Waals surface area contributed by atoms with Gasteiger partial charge in [-0.05, 0) is 18.2 Å². The Labute approximate surface area is 110 Å². The second-order valence-electron chi connectivity index (χ2n) is 3.35. The summed E-state index contributed by atoms with van der Waals surface area (Å²) in [5, 5.41) is 9.82. The van der Waals surface area contributed by atoms with Crippen LogP contribution < -0.4 is 4.74 Å². The van der Waals surface area contributed by atoms with Crippen molar-refractivity contribution in [1.29, 1.82) is 5.26 Å². The number of hydrogen-bond donors (Lipinski definition) is 0. The van der Waals surface area contributed by atoms with E-state index in [0.717, 1.165) is 10.8 Å². The van der Waals surface area contributed by atoms with Crippen LogP contribution in [0, 0.1) is 11.3 Å². The van der Waals surface area contributed by atoms with Gasteiger partial charge in [0.15, 0.2) is 0 Å². The van der Waals surface area contributed by atoms with Crippen molar-refractivity contribution >= 4 is 11.8 Å². The number of ether oxygens (including phenoxy) is 1. The van der Waals surface area contributed by atoms with Crippen molar-refractivity contribution in [2.75, 3.05) is 12.4 Å². The molecule has 1 aromatic heterocycles. The van der Waals surface area contributed by atoms with E-state index in [9.17, 15) is 0 Å². The second kappa shape index (κ2) is 6.62. The molecule has 0 saturated carbocycles. The fraction of sp³-hybridized carbons (Fsp3) is 0.154. The lowest BCUT2D eigenvalue weighted by Gasteiger charge is -2.06. The molecule has 1 aromatic carbocycles. The van der Waals surface area contributed by atoms with Crippen molar-refractivity contribution < 1.29 is 4.74 Å². The fourth-order valence-electron chi connectivity index (χ4n) is 1.35. The zero-order valence-electron chi connectivity index (χ0n) is 9.61. The minimum Gasteiger partial charge on any atom is -0.491 e. The molecule has 0 unspecified atom stereocenters. The molecule has 0 spiro atoms. The summed E-state index contributed by atoms with van der Waals surface area (Å²) in [6, 6.07) is 11.2. The van der Waals surface area contributed by atoms with Gasteiger partial charge in [0.1, 0.15) is 18.1 Å². The van der Waals surface area contributed by atoms with Crippen LogP contribution >= 0.6 is 11.8 Å². The number of thioether (sulfide) groups is 1. The standard InChI is InChI=1S/C13H11N3OS/c14-9-11-3-1-2-4-12(11)17-7-8-18-13-5-6-15-10-16-13/h1-6,10H,7-8H2. The second-order valence-corrected chi connectivity index (χ2v) is 4.47. The van der Waals surface area contributed by atoms with Crippen molar-refractivity contribution in [2.24, 2.45) is 0 Å². The van der Waals surface area contributed by atoms with Crippen LogP contribution in [-0.2, 0) is 0 Å². The first-order valence-corrected chi connectivity index (χ1v) is 6.39. The summed E-state index contributed by atoms with van der Waals surface area (Å²) in [7, 11) is 0. The maximum atomic E-state index is 8.90. The molecule has 2 rings (SSSR count). The molecule has 0 atom stereocenters. The third-order valence-corrected chi connectivity index (χ3v) is 3.06. The molecule has 0 saturated heterocycles. The Morgan fingerprint density at radius 3 is 2.94 bits per heavy atom. The van der Waals surface area contributed by atoms with Crippen LogP contribution in [0.2, 0.25) is 0 Å². The van der Waals surface area contributed by atoms with Gasteiger partial charge < -0.3 is 4.74 Å². The van der Waals surface area contributed by atoms with E-state index in [1.165, 1.54) is 6.33 Å². The van der Waals surface area contributed by atoms with E-state index in [4.69, 9.17) is 10.00 Å². The lowest BCUT2D eigenvalue weighted by atomic mass is 10.2. The van der Waals surface area contributed by atoms with Crippen molar-refractivity contribution in [1.82, 2.24) is 9.97 Å². The summed E-state index contributed by atoms with van der Waals surface area (Å²) in [4.78, 5) is 7.95. The van der Waals surface area contributed by atoms with Gasteiger partial charge in [-0.3, -0.25) is 0 Å². The fourth-order valence-corrected chi connectivity index (χ4v) is 2.00. The third kappa shape index (κ3) is 3.47. The van der Waals surface area contributed by atoms with Crippen LogP contribution in [0.25, 0.3) is 0 Å². The molecule has 0 aliphatic heterocycles. The highest BCUT2D eigenvalue weighted by Crippen LogP contribution is 2.18. The third-order valence-electron chi connectivity index (χ3n) is 2.15. The summed E-state index contributed by atoms with van der Waals surface area (Å²) < 4.78 is 5.56. The summed E-state index contributed by atoms with van der Waals surface area (Å²) >= 11 is 1.59. The van der Waals surface area contributed by atoms with Crippen LogP contribution in [0.5, 0.6) is 5.75 Å². The molecule has 0 fully saturated rings. The number of nitrogens with zero attached hydrogens (tertiary/aromatic N) is 3. The maximum absolute atomic E-state index is 8.90. The van der Waals surface area contributed by atoms with Crippen molar-refractivity contribution in [3.63, 3.8) is 0 Å². The normalized spacial score (nSPS) is 9.72. The molecule has 0 radical (unpaired) electrons. The Morgan fingerprint density at radius 2 is 2.17 bits per heavy atom. The molecule has 0 amide bonds. The molecule has 0 aliphatic carbocycles. The minimum atomic E-state index is 0.535. The van der Waals surface area contributed by atoms with Gasteiger partial charge in [-0.2, -0.15) is 5.26 Å². The van der Waals surface area contributed by atoms with Gasteiger partial charge in [-0.1, -0.05) is 12.1 Å². The molecular formula is C13H11N3OS. The van der Waals surface area contributed by atoms with E-state index in [2.05, 4.69) is 16.0 Å². The quantitative estimate of drug-likeness (QED) is 0.468. The van der Waals surface area contributed by atoms with Crippen molar-refractivity contribution in [2.45, 2.75) is 5.03 Å². The molecule has 90 valence electrons. The molecule has 5 heteroatoms. The number of nitriles is 1. The molecule has 0 N–H and O–H groups in total. The first-order valence-electron chi connectivity index (χ1n) is 5.41. The number of benzene rings is 1. The number of aromatic nitrogens is 2. The summed E-state index contributed by atoms with van der Waals surface area (Å²) in [6.07, 6.45) is 3.23. The van der Waals surface area contributed by atoms with Crippen LogP contribution in [0.4, 0.5) is 0 Å². The Morgan fingerprint density at radius 1 is 1.28 bits per heavy atom. The highest BCUT2D eigenvalue weighted by atomic mass is 32.2. The molecule has 18 heavy (non-hydrogen) atoms. The molecule has 4 nitrogen and oxygen atoms in total. The molecule has 0 aliphatic rings. The Kier molecular flexibility index (Phi) is 4.56. The Balaban J connectivity index is 1.81. The smallest absolute Gasteiger partial charge is 0.137 e.